The lowest BCUT2D eigenvalue weighted by Gasteiger charge is -2.38. The molecule has 0 radical (unpaired) electrons. The molecular formula is C16H18Cl2N4O6S. The van der Waals surface area contributed by atoms with Gasteiger partial charge < -0.3 is 24.5 Å². The first kappa shape index (κ1) is 20.3. The van der Waals surface area contributed by atoms with E-state index in [1.165, 1.54) is 4.90 Å². The van der Waals surface area contributed by atoms with Crippen molar-refractivity contribution >= 4 is 50.9 Å². The third-order valence-corrected chi connectivity index (χ3v) is 7.66. The summed E-state index contributed by atoms with van der Waals surface area (Å²) in [6.45, 7) is 0.889. The molecule has 1 aromatic rings. The molecule has 4 heterocycles. The number of pyridine rings is 1. The molecule has 4 rings (SSSR count). The van der Waals surface area contributed by atoms with Gasteiger partial charge in [0, 0.05) is 32.7 Å². The smallest absolute Gasteiger partial charge is 0.407 e. The highest BCUT2D eigenvalue weighted by Gasteiger charge is 2.41. The van der Waals surface area contributed by atoms with E-state index in [1.807, 2.05) is 0 Å². The van der Waals surface area contributed by atoms with Crippen molar-refractivity contribution in [2.24, 2.45) is 0 Å². The van der Waals surface area contributed by atoms with Gasteiger partial charge in [-0.25, -0.2) is 18.2 Å². The number of fused-ring (bicyclic) bond motifs is 2. The number of amides is 2. The summed E-state index contributed by atoms with van der Waals surface area (Å²) in [4.78, 5) is 33.4. The molecule has 1 N–H and O–H groups in total. The second-order valence-electron chi connectivity index (χ2n) is 7.08. The Balaban J connectivity index is 1.73. The van der Waals surface area contributed by atoms with Crippen LogP contribution in [-0.4, -0.2) is 97.2 Å². The van der Waals surface area contributed by atoms with Gasteiger partial charge in [0.1, 0.15) is 23.0 Å². The van der Waals surface area contributed by atoms with Gasteiger partial charge in [0.2, 0.25) is 0 Å². The van der Waals surface area contributed by atoms with Crippen LogP contribution in [0.15, 0.2) is 0 Å². The first-order chi connectivity index (χ1) is 13.7. The first-order valence-corrected chi connectivity index (χ1v) is 11.5. The molecule has 2 fully saturated rings. The molecule has 29 heavy (non-hydrogen) atoms. The number of halogens is 2. The molecule has 1 aromatic heterocycles. The highest BCUT2D eigenvalue weighted by molar-refractivity contribution is 7.91. The number of nitrogens with zero attached hydrogens (tertiary/aromatic N) is 4. The predicted octanol–water partition coefficient (Wildman–Crippen LogP) is 0.820. The summed E-state index contributed by atoms with van der Waals surface area (Å²) < 4.78 is 29.4. The summed E-state index contributed by atoms with van der Waals surface area (Å²) in [7, 11) is -3.13. The quantitative estimate of drug-likeness (QED) is 0.606. The average Bonchev–Trinajstić information content (AvgIpc) is 2.82. The Morgan fingerprint density at radius 3 is 2.52 bits per heavy atom. The third-order valence-electron chi connectivity index (χ3n) is 5.33. The van der Waals surface area contributed by atoms with Gasteiger partial charge in [-0.3, -0.25) is 4.79 Å². The maximum Gasteiger partial charge on any atom is 0.407 e. The largest absolute Gasteiger partial charge is 0.489 e. The lowest BCUT2D eigenvalue weighted by molar-refractivity contribution is 0.0390. The summed E-state index contributed by atoms with van der Waals surface area (Å²) in [5.74, 6) is -0.175. The van der Waals surface area contributed by atoms with Crippen LogP contribution in [0.4, 0.5) is 10.6 Å². The van der Waals surface area contributed by atoms with Gasteiger partial charge in [0.05, 0.1) is 17.5 Å². The van der Waals surface area contributed by atoms with Gasteiger partial charge >= 0.3 is 6.09 Å². The number of anilines is 1. The van der Waals surface area contributed by atoms with Gasteiger partial charge in [-0.05, 0) is 0 Å². The molecule has 10 nitrogen and oxygen atoms in total. The molecule has 158 valence electrons. The molecule has 3 aliphatic heterocycles. The van der Waals surface area contributed by atoms with E-state index < -0.39 is 22.0 Å². The number of hydrogen-bond donors (Lipinski definition) is 1. The number of hydrogen-bond acceptors (Lipinski definition) is 7. The van der Waals surface area contributed by atoms with Crippen LogP contribution < -0.4 is 9.64 Å². The van der Waals surface area contributed by atoms with E-state index in [-0.39, 0.29) is 84.1 Å². The number of ether oxygens (including phenoxy) is 1. The fraction of sp³-hybridized carbons (Fsp3) is 0.562. The summed E-state index contributed by atoms with van der Waals surface area (Å²) in [5.41, 5.74) is 0.130. The molecule has 13 heteroatoms. The number of carboxylic acid groups (broad SMARTS) is 1. The Labute approximate surface area is 176 Å². The van der Waals surface area contributed by atoms with Crippen molar-refractivity contribution in [2.75, 3.05) is 55.7 Å². The number of rotatable bonds is 1. The molecule has 0 aromatic carbocycles. The van der Waals surface area contributed by atoms with Crippen LogP contribution in [0.1, 0.15) is 10.4 Å². The number of aromatic nitrogens is 1. The van der Waals surface area contributed by atoms with E-state index >= 15 is 0 Å². The van der Waals surface area contributed by atoms with Crippen LogP contribution in [0.2, 0.25) is 10.2 Å². The van der Waals surface area contributed by atoms with E-state index in [0.29, 0.717) is 0 Å². The highest BCUT2D eigenvalue weighted by atomic mass is 35.5. The van der Waals surface area contributed by atoms with E-state index in [0.717, 1.165) is 0 Å². The van der Waals surface area contributed by atoms with E-state index in [1.54, 1.807) is 9.80 Å². The number of carbonyl (C=O) groups is 2. The minimum atomic E-state index is -3.13. The van der Waals surface area contributed by atoms with Crippen LogP contribution >= 0.6 is 23.2 Å². The first-order valence-electron chi connectivity index (χ1n) is 8.94. The second kappa shape index (κ2) is 7.37. The van der Waals surface area contributed by atoms with Gasteiger partial charge in [-0.2, -0.15) is 0 Å². The molecular weight excluding hydrogens is 447 g/mol. The Kier molecular flexibility index (Phi) is 5.16. The van der Waals surface area contributed by atoms with Gasteiger partial charge in [-0.15, -0.1) is 0 Å². The lowest BCUT2D eigenvalue weighted by Crippen LogP contribution is -2.57. The Morgan fingerprint density at radius 2 is 1.86 bits per heavy atom. The average molecular weight is 465 g/mol. The maximum absolute atomic E-state index is 13.4. The Morgan fingerprint density at radius 1 is 1.17 bits per heavy atom. The number of piperazine rings is 1. The van der Waals surface area contributed by atoms with Crippen molar-refractivity contribution in [1.82, 2.24) is 14.8 Å². The number of carbonyl (C=O) groups excluding carboxylic acids is 1. The lowest BCUT2D eigenvalue weighted by atomic mass is 10.1. The molecule has 0 bridgehead atoms. The van der Waals surface area contributed by atoms with Crippen LogP contribution in [0.25, 0.3) is 0 Å². The zero-order valence-electron chi connectivity index (χ0n) is 15.2. The van der Waals surface area contributed by atoms with Gasteiger partial charge in [0.25, 0.3) is 5.91 Å². The monoisotopic (exact) mass is 464 g/mol. The zero-order valence-corrected chi connectivity index (χ0v) is 17.5. The van der Waals surface area contributed by atoms with Crippen molar-refractivity contribution in [1.29, 1.82) is 0 Å². The minimum Gasteiger partial charge on any atom is -0.489 e. The normalized spacial score (nSPS) is 23.7. The molecule has 0 spiro atoms. The van der Waals surface area contributed by atoms with Crippen LogP contribution in [0.5, 0.6) is 5.75 Å². The fourth-order valence-electron chi connectivity index (χ4n) is 3.75. The maximum atomic E-state index is 13.4. The van der Waals surface area contributed by atoms with E-state index in [2.05, 4.69) is 4.98 Å². The molecule has 0 aliphatic carbocycles. The second-order valence-corrected chi connectivity index (χ2v) is 10.1. The Hall–Kier alpha value is -1.98. The topological polar surface area (TPSA) is 120 Å². The van der Waals surface area contributed by atoms with Crippen molar-refractivity contribution in [2.45, 2.75) is 6.04 Å². The molecule has 3 aliphatic rings. The zero-order chi connectivity index (χ0) is 20.9. The van der Waals surface area contributed by atoms with Crippen LogP contribution in [0, 0.1) is 0 Å². The van der Waals surface area contributed by atoms with Crippen LogP contribution in [-0.2, 0) is 9.84 Å². The van der Waals surface area contributed by atoms with Gasteiger partial charge in [0.15, 0.2) is 20.7 Å². The Bertz CT molecular complexity index is 974. The van der Waals surface area contributed by atoms with Crippen molar-refractivity contribution in [3.05, 3.63) is 15.7 Å². The SMILES string of the molecule is O=C(O)N1CCN2C(=O)c3c(N4CCS(=O)(=O)CC4)nc(Cl)c(Cl)c3OC[C@H]2C1. The molecule has 2 saturated heterocycles. The summed E-state index contributed by atoms with van der Waals surface area (Å²) in [6, 6.07) is -0.482. The fourth-order valence-corrected chi connectivity index (χ4v) is 5.30. The van der Waals surface area contributed by atoms with E-state index in [9.17, 15) is 23.1 Å². The minimum absolute atomic E-state index is 0.00154. The summed E-state index contributed by atoms with van der Waals surface area (Å²) in [5, 5.41) is 9.20. The molecule has 1 atom stereocenters. The van der Waals surface area contributed by atoms with Crippen molar-refractivity contribution in [3.8, 4) is 5.75 Å². The van der Waals surface area contributed by atoms with Crippen LogP contribution in [0.3, 0.4) is 0 Å². The highest BCUT2D eigenvalue weighted by Crippen LogP contribution is 2.42. The third kappa shape index (κ3) is 3.66. The van der Waals surface area contributed by atoms with Crippen molar-refractivity contribution in [3.63, 3.8) is 0 Å². The summed E-state index contributed by atoms with van der Waals surface area (Å²) >= 11 is 12.4. The number of sulfone groups is 1. The standard InChI is InChI=1S/C16H18Cl2N4O6S/c17-11-12-10(14(19-13(11)18)20-3-5-29(26,27)6-4-20)15(23)22-2-1-21(16(24)25)7-9(22)8-28-12/h9H,1-8H2,(H,24,25)/t9-/m1/s1. The predicted molar refractivity (Wildman–Crippen MR) is 105 cm³/mol. The molecule has 2 amide bonds. The molecule has 0 unspecified atom stereocenters. The van der Waals surface area contributed by atoms with E-state index in [4.69, 9.17) is 27.9 Å². The summed E-state index contributed by atoms with van der Waals surface area (Å²) in [6.07, 6.45) is -1.06. The molecule has 0 saturated carbocycles. The van der Waals surface area contributed by atoms with Crippen molar-refractivity contribution < 1.29 is 27.9 Å². The van der Waals surface area contributed by atoms with Gasteiger partial charge in [-0.1, -0.05) is 23.2 Å².